The number of aliphatic hydroxyl groups excluding tert-OH is 1. The van der Waals surface area contributed by atoms with Crippen molar-refractivity contribution in [1.82, 2.24) is 0 Å². The van der Waals surface area contributed by atoms with Gasteiger partial charge in [0.1, 0.15) is 23.2 Å². The third-order valence-corrected chi connectivity index (χ3v) is 4.09. The van der Waals surface area contributed by atoms with Gasteiger partial charge in [-0.15, -0.1) is 0 Å². The largest absolute Gasteiger partial charge is 0.493 e. The summed E-state index contributed by atoms with van der Waals surface area (Å²) < 4.78 is 11.5. The number of para-hydroxylation sites is 2. The molecule has 0 amide bonds. The number of hydrogen-bond donors (Lipinski definition) is 1. The average Bonchev–Trinajstić information content (AvgIpc) is 2.97. The second-order valence-corrected chi connectivity index (χ2v) is 5.51. The lowest BCUT2D eigenvalue weighted by Gasteiger charge is -2.27. The van der Waals surface area contributed by atoms with E-state index in [9.17, 15) is 5.11 Å². The molecule has 4 rings (SSSR count). The Bertz CT molecular complexity index is 742. The molecular formula is C18H16O3. The normalized spacial score (nSPS) is 19.0. The van der Waals surface area contributed by atoms with Crippen LogP contribution in [0.25, 0.3) is 11.0 Å². The van der Waals surface area contributed by atoms with Crippen molar-refractivity contribution in [2.75, 3.05) is 6.61 Å². The molecule has 1 aliphatic rings. The summed E-state index contributed by atoms with van der Waals surface area (Å²) in [4.78, 5) is 0. The van der Waals surface area contributed by atoms with E-state index in [1.54, 1.807) is 0 Å². The Hall–Kier alpha value is -2.26. The van der Waals surface area contributed by atoms with Gasteiger partial charge in [0.25, 0.3) is 0 Å². The van der Waals surface area contributed by atoms with Gasteiger partial charge in [-0.05, 0) is 30.2 Å². The van der Waals surface area contributed by atoms with Gasteiger partial charge in [0, 0.05) is 11.3 Å². The van der Waals surface area contributed by atoms with Crippen LogP contribution in [0.15, 0.2) is 59.0 Å². The lowest BCUT2D eigenvalue weighted by atomic mass is 9.91. The fourth-order valence-corrected chi connectivity index (χ4v) is 2.93. The van der Waals surface area contributed by atoms with Crippen molar-refractivity contribution in [3.63, 3.8) is 0 Å². The predicted octanol–water partition coefficient (Wildman–Crippen LogP) is 3.72. The van der Waals surface area contributed by atoms with Crippen LogP contribution in [0.2, 0.25) is 0 Å². The molecule has 0 saturated heterocycles. The zero-order valence-corrected chi connectivity index (χ0v) is 11.5. The van der Waals surface area contributed by atoms with Gasteiger partial charge in [-0.2, -0.15) is 0 Å². The van der Waals surface area contributed by atoms with Crippen molar-refractivity contribution < 1.29 is 14.3 Å². The number of furan rings is 1. The van der Waals surface area contributed by atoms with Crippen LogP contribution in [0.4, 0.5) is 0 Å². The molecule has 21 heavy (non-hydrogen) atoms. The van der Waals surface area contributed by atoms with Crippen LogP contribution in [-0.2, 0) is 6.42 Å². The van der Waals surface area contributed by atoms with Crippen molar-refractivity contribution in [3.05, 3.63) is 65.9 Å². The van der Waals surface area contributed by atoms with Crippen molar-refractivity contribution in [1.29, 1.82) is 0 Å². The van der Waals surface area contributed by atoms with Gasteiger partial charge in [-0.1, -0.05) is 36.4 Å². The maximum Gasteiger partial charge on any atom is 0.134 e. The molecule has 1 aromatic heterocycles. The van der Waals surface area contributed by atoms with E-state index >= 15 is 0 Å². The molecule has 0 aliphatic carbocycles. The second-order valence-electron chi connectivity index (χ2n) is 5.51. The maximum atomic E-state index is 10.6. The van der Waals surface area contributed by atoms with E-state index in [-0.39, 0.29) is 5.92 Å². The Labute approximate surface area is 122 Å². The summed E-state index contributed by atoms with van der Waals surface area (Å²) in [6.07, 6.45) is 0.153. The van der Waals surface area contributed by atoms with Crippen LogP contribution in [-0.4, -0.2) is 11.7 Å². The van der Waals surface area contributed by atoms with Gasteiger partial charge in [-0.3, -0.25) is 0 Å². The van der Waals surface area contributed by atoms with Crippen molar-refractivity contribution >= 4 is 11.0 Å². The first kappa shape index (κ1) is 12.5. The number of ether oxygens (including phenoxy) is 1. The van der Waals surface area contributed by atoms with E-state index < -0.39 is 6.10 Å². The highest BCUT2D eigenvalue weighted by molar-refractivity contribution is 5.77. The molecule has 0 radical (unpaired) electrons. The second kappa shape index (κ2) is 4.93. The predicted molar refractivity (Wildman–Crippen MR) is 80.3 cm³/mol. The highest BCUT2D eigenvalue weighted by atomic mass is 16.5. The van der Waals surface area contributed by atoms with Crippen LogP contribution >= 0.6 is 0 Å². The van der Waals surface area contributed by atoms with Crippen molar-refractivity contribution in [3.8, 4) is 5.75 Å². The number of aliphatic hydroxyl groups is 1. The quantitative estimate of drug-likeness (QED) is 0.778. The van der Waals surface area contributed by atoms with Crippen LogP contribution in [0.1, 0.15) is 17.4 Å². The molecule has 1 N–H and O–H groups in total. The lowest BCUT2D eigenvalue weighted by Crippen LogP contribution is -2.26. The van der Waals surface area contributed by atoms with Crippen LogP contribution in [0.5, 0.6) is 5.75 Å². The summed E-state index contributed by atoms with van der Waals surface area (Å²) in [5, 5.41) is 11.6. The molecule has 0 spiro atoms. The number of fused-ring (bicyclic) bond motifs is 2. The molecule has 2 unspecified atom stereocenters. The molecule has 106 valence electrons. The van der Waals surface area contributed by atoms with Gasteiger partial charge >= 0.3 is 0 Å². The highest BCUT2D eigenvalue weighted by Crippen LogP contribution is 2.35. The molecule has 2 aromatic carbocycles. The Balaban J connectivity index is 1.62. The fourth-order valence-electron chi connectivity index (χ4n) is 2.93. The smallest absolute Gasteiger partial charge is 0.134 e. The summed E-state index contributed by atoms with van der Waals surface area (Å²) in [5.74, 6) is 1.55. The first-order chi connectivity index (χ1) is 10.3. The van der Waals surface area contributed by atoms with E-state index in [0.29, 0.717) is 12.4 Å². The molecule has 0 fully saturated rings. The maximum absolute atomic E-state index is 10.6. The van der Waals surface area contributed by atoms with Crippen LogP contribution < -0.4 is 4.74 Å². The molecule has 2 heterocycles. The average molecular weight is 280 g/mol. The molecule has 0 saturated carbocycles. The third-order valence-electron chi connectivity index (χ3n) is 4.09. The Morgan fingerprint density at radius 2 is 1.86 bits per heavy atom. The third kappa shape index (κ3) is 2.20. The molecular weight excluding hydrogens is 264 g/mol. The summed E-state index contributed by atoms with van der Waals surface area (Å²) in [7, 11) is 0. The highest BCUT2D eigenvalue weighted by Gasteiger charge is 2.29. The van der Waals surface area contributed by atoms with E-state index in [1.165, 1.54) is 0 Å². The van der Waals surface area contributed by atoms with Crippen LogP contribution in [0.3, 0.4) is 0 Å². The van der Waals surface area contributed by atoms with E-state index in [0.717, 1.165) is 28.7 Å². The Morgan fingerprint density at radius 1 is 1.05 bits per heavy atom. The van der Waals surface area contributed by atoms with Crippen LogP contribution in [0, 0.1) is 5.92 Å². The lowest BCUT2D eigenvalue weighted by molar-refractivity contribution is 0.0496. The monoisotopic (exact) mass is 280 g/mol. The zero-order chi connectivity index (χ0) is 14.2. The summed E-state index contributed by atoms with van der Waals surface area (Å²) in [6.45, 7) is 0.509. The molecule has 3 aromatic rings. The molecule has 2 atom stereocenters. The van der Waals surface area contributed by atoms with E-state index in [1.807, 2.05) is 54.6 Å². The molecule has 1 aliphatic heterocycles. The summed E-state index contributed by atoms with van der Waals surface area (Å²) >= 11 is 0. The van der Waals surface area contributed by atoms with Gasteiger partial charge < -0.3 is 14.3 Å². The van der Waals surface area contributed by atoms with Gasteiger partial charge in [0.2, 0.25) is 0 Å². The minimum Gasteiger partial charge on any atom is -0.493 e. The van der Waals surface area contributed by atoms with Crippen molar-refractivity contribution in [2.45, 2.75) is 12.5 Å². The molecule has 3 heteroatoms. The molecule has 3 nitrogen and oxygen atoms in total. The number of benzene rings is 2. The SMILES string of the molecule is OC(c1cc2ccccc2o1)C1COc2ccccc2C1. The number of hydrogen-bond acceptors (Lipinski definition) is 3. The van der Waals surface area contributed by atoms with Crippen molar-refractivity contribution in [2.24, 2.45) is 5.92 Å². The van der Waals surface area contributed by atoms with E-state index in [4.69, 9.17) is 9.15 Å². The summed E-state index contributed by atoms with van der Waals surface area (Å²) in [5.41, 5.74) is 1.95. The topological polar surface area (TPSA) is 42.6 Å². The Morgan fingerprint density at radius 3 is 2.76 bits per heavy atom. The van der Waals surface area contributed by atoms with Gasteiger partial charge in [-0.25, -0.2) is 0 Å². The molecule has 0 bridgehead atoms. The standard InChI is InChI=1S/C18H16O3/c19-18(17-10-13-6-2-4-8-16(13)21-17)14-9-12-5-1-3-7-15(12)20-11-14/h1-8,10,14,18-19H,9,11H2. The fraction of sp³-hybridized carbons (Fsp3) is 0.222. The zero-order valence-electron chi connectivity index (χ0n) is 11.5. The van der Waals surface area contributed by atoms with E-state index in [2.05, 4.69) is 0 Å². The number of rotatable bonds is 2. The minimum absolute atomic E-state index is 0.0143. The summed E-state index contributed by atoms with van der Waals surface area (Å²) in [6, 6.07) is 17.7. The Kier molecular flexibility index (Phi) is 2.93. The van der Waals surface area contributed by atoms with Gasteiger partial charge in [0.05, 0.1) is 6.61 Å². The van der Waals surface area contributed by atoms with Gasteiger partial charge in [0.15, 0.2) is 0 Å². The first-order valence-corrected chi connectivity index (χ1v) is 7.18. The minimum atomic E-state index is -0.647. The first-order valence-electron chi connectivity index (χ1n) is 7.18.